The van der Waals surface area contributed by atoms with E-state index in [0.717, 1.165) is 0 Å². The molecule has 3 heterocycles. The zero-order valence-corrected chi connectivity index (χ0v) is 18.1. The molecule has 0 atom stereocenters. The smallest absolute Gasteiger partial charge is 0.355 e. The predicted molar refractivity (Wildman–Crippen MR) is 115 cm³/mol. The Kier molecular flexibility index (Phi) is 6.11. The second kappa shape index (κ2) is 8.85. The standard InChI is InChI=1S/C20H19ClF3N7O2/c1-11(32)25-13-2-3-15(14(21)10-13)26-18(33)12-6-8-30(9-7-12)17-5-4-16-27-28-19(20(22,23)24)31(16)29-17/h2-5,10,12H,6-9H2,1H3,(H,25,32)(H,26,33). The van der Waals surface area contributed by atoms with Gasteiger partial charge in [0.1, 0.15) is 5.82 Å². The van der Waals surface area contributed by atoms with Gasteiger partial charge in [-0.3, -0.25) is 9.59 Å². The Morgan fingerprint density at radius 1 is 1.09 bits per heavy atom. The van der Waals surface area contributed by atoms with Crippen molar-refractivity contribution in [2.24, 2.45) is 5.92 Å². The lowest BCUT2D eigenvalue weighted by atomic mass is 9.96. The number of hydrogen-bond acceptors (Lipinski definition) is 6. The van der Waals surface area contributed by atoms with Gasteiger partial charge in [-0.1, -0.05) is 11.6 Å². The minimum atomic E-state index is -4.67. The van der Waals surface area contributed by atoms with Crippen LogP contribution in [0.2, 0.25) is 5.02 Å². The summed E-state index contributed by atoms with van der Waals surface area (Å²) in [6.45, 7) is 2.26. The second-order valence-corrected chi connectivity index (χ2v) is 8.02. The molecular formula is C20H19ClF3N7O2. The van der Waals surface area contributed by atoms with Crippen LogP contribution in [0.5, 0.6) is 0 Å². The Morgan fingerprint density at radius 3 is 2.45 bits per heavy atom. The van der Waals surface area contributed by atoms with Crippen LogP contribution in [-0.4, -0.2) is 44.7 Å². The lowest BCUT2D eigenvalue weighted by molar-refractivity contribution is -0.146. The molecule has 0 radical (unpaired) electrons. The number of carbonyl (C=O) groups excluding carboxylic acids is 2. The van der Waals surface area contributed by atoms with Gasteiger partial charge in [0.05, 0.1) is 10.7 Å². The summed E-state index contributed by atoms with van der Waals surface area (Å²) in [5, 5.41) is 16.4. The van der Waals surface area contributed by atoms with Gasteiger partial charge in [-0.15, -0.1) is 15.3 Å². The lowest BCUT2D eigenvalue weighted by Crippen LogP contribution is -2.38. The number of fused-ring (bicyclic) bond motifs is 1. The average Bonchev–Trinajstić information content (AvgIpc) is 3.19. The monoisotopic (exact) mass is 481 g/mol. The van der Waals surface area contributed by atoms with Crippen molar-refractivity contribution < 1.29 is 22.8 Å². The molecule has 0 saturated carbocycles. The summed E-state index contributed by atoms with van der Waals surface area (Å²) in [7, 11) is 0. The van der Waals surface area contributed by atoms with Gasteiger partial charge < -0.3 is 15.5 Å². The van der Waals surface area contributed by atoms with Crippen LogP contribution < -0.4 is 15.5 Å². The minimum Gasteiger partial charge on any atom is -0.355 e. The van der Waals surface area contributed by atoms with Crippen molar-refractivity contribution >= 4 is 46.3 Å². The molecule has 0 spiro atoms. The van der Waals surface area contributed by atoms with Gasteiger partial charge >= 0.3 is 6.18 Å². The maximum atomic E-state index is 13.1. The number of carbonyl (C=O) groups is 2. The maximum Gasteiger partial charge on any atom is 0.453 e. The summed E-state index contributed by atoms with van der Waals surface area (Å²) in [6, 6.07) is 7.80. The number of benzene rings is 1. The molecule has 2 amide bonds. The lowest BCUT2D eigenvalue weighted by Gasteiger charge is -2.32. The number of nitrogens with zero attached hydrogens (tertiary/aromatic N) is 5. The molecule has 1 aliphatic rings. The Bertz CT molecular complexity index is 1210. The number of nitrogens with one attached hydrogen (secondary N) is 2. The highest BCUT2D eigenvalue weighted by atomic mass is 35.5. The first kappa shape index (κ1) is 22.8. The number of hydrogen-bond donors (Lipinski definition) is 2. The minimum absolute atomic E-state index is 0.00161. The van der Waals surface area contributed by atoms with Gasteiger partial charge in [-0.25, -0.2) is 0 Å². The largest absolute Gasteiger partial charge is 0.453 e. The van der Waals surface area contributed by atoms with E-state index in [2.05, 4.69) is 25.9 Å². The summed E-state index contributed by atoms with van der Waals surface area (Å²) < 4.78 is 40.0. The van der Waals surface area contributed by atoms with Crippen molar-refractivity contribution in [3.63, 3.8) is 0 Å². The molecule has 1 aliphatic heterocycles. The van der Waals surface area contributed by atoms with Crippen LogP contribution in [-0.2, 0) is 15.8 Å². The fourth-order valence-electron chi connectivity index (χ4n) is 3.63. The number of anilines is 3. The Morgan fingerprint density at radius 2 is 1.82 bits per heavy atom. The van der Waals surface area contributed by atoms with E-state index in [-0.39, 0.29) is 23.4 Å². The van der Waals surface area contributed by atoms with Crippen molar-refractivity contribution in [3.8, 4) is 0 Å². The van der Waals surface area contributed by atoms with E-state index >= 15 is 0 Å². The van der Waals surface area contributed by atoms with E-state index in [1.807, 2.05) is 4.90 Å². The first-order chi connectivity index (χ1) is 15.6. The van der Waals surface area contributed by atoms with Crippen LogP contribution in [0.4, 0.5) is 30.4 Å². The SMILES string of the molecule is CC(=O)Nc1ccc(NC(=O)C2CCN(c3ccc4nnc(C(F)(F)F)n4n3)CC2)c(Cl)c1. The average molecular weight is 482 g/mol. The zero-order chi connectivity index (χ0) is 23.8. The highest BCUT2D eigenvalue weighted by Gasteiger charge is 2.38. The fourth-order valence-corrected chi connectivity index (χ4v) is 3.86. The van der Waals surface area contributed by atoms with E-state index < -0.39 is 12.0 Å². The number of piperidine rings is 1. The van der Waals surface area contributed by atoms with Gasteiger partial charge in [0, 0.05) is 31.6 Å². The molecule has 9 nitrogen and oxygen atoms in total. The van der Waals surface area contributed by atoms with Crippen molar-refractivity contribution in [1.82, 2.24) is 19.8 Å². The third-order valence-electron chi connectivity index (χ3n) is 5.24. The molecular weight excluding hydrogens is 463 g/mol. The van der Waals surface area contributed by atoms with Gasteiger partial charge in [-0.2, -0.15) is 17.7 Å². The predicted octanol–water partition coefficient (Wildman–Crippen LogP) is 3.61. The molecule has 1 saturated heterocycles. The van der Waals surface area contributed by atoms with Gasteiger partial charge in [-0.05, 0) is 43.2 Å². The highest BCUT2D eigenvalue weighted by Crippen LogP contribution is 2.30. The van der Waals surface area contributed by atoms with Crippen LogP contribution in [0.25, 0.3) is 5.65 Å². The van der Waals surface area contributed by atoms with E-state index in [1.54, 1.807) is 24.3 Å². The fraction of sp³-hybridized carbons (Fsp3) is 0.350. The summed E-state index contributed by atoms with van der Waals surface area (Å²) >= 11 is 6.21. The molecule has 0 aliphatic carbocycles. The zero-order valence-electron chi connectivity index (χ0n) is 17.4. The third kappa shape index (κ3) is 5.00. The molecule has 0 bridgehead atoms. The van der Waals surface area contributed by atoms with E-state index in [0.29, 0.717) is 52.7 Å². The summed E-state index contributed by atoms with van der Waals surface area (Å²) in [5.74, 6) is -1.57. The molecule has 174 valence electrons. The Hall–Kier alpha value is -3.41. The molecule has 1 aromatic carbocycles. The Labute approximate surface area is 190 Å². The first-order valence-corrected chi connectivity index (χ1v) is 10.4. The molecule has 2 aromatic heterocycles. The molecule has 13 heteroatoms. The second-order valence-electron chi connectivity index (χ2n) is 7.61. The van der Waals surface area contributed by atoms with Crippen LogP contribution in [0.3, 0.4) is 0 Å². The topological polar surface area (TPSA) is 105 Å². The third-order valence-corrected chi connectivity index (χ3v) is 5.55. The molecule has 3 aromatic rings. The van der Waals surface area contributed by atoms with E-state index in [9.17, 15) is 22.8 Å². The van der Waals surface area contributed by atoms with Crippen molar-refractivity contribution in [3.05, 3.63) is 41.2 Å². The van der Waals surface area contributed by atoms with Crippen molar-refractivity contribution in [2.45, 2.75) is 25.9 Å². The number of amides is 2. The molecule has 1 fully saturated rings. The molecule has 0 unspecified atom stereocenters. The number of alkyl halides is 3. The normalized spacial score (nSPS) is 15.0. The number of halogens is 4. The van der Waals surface area contributed by atoms with Crippen LogP contribution >= 0.6 is 11.6 Å². The van der Waals surface area contributed by atoms with Gasteiger partial charge in [0.15, 0.2) is 5.65 Å². The quantitative estimate of drug-likeness (QED) is 0.590. The number of rotatable bonds is 4. The first-order valence-electron chi connectivity index (χ1n) is 10.0. The molecule has 2 N–H and O–H groups in total. The van der Waals surface area contributed by atoms with Crippen LogP contribution in [0.15, 0.2) is 30.3 Å². The molecule has 4 rings (SSSR count). The van der Waals surface area contributed by atoms with Gasteiger partial charge in [0.25, 0.3) is 5.82 Å². The van der Waals surface area contributed by atoms with Crippen molar-refractivity contribution in [1.29, 1.82) is 0 Å². The van der Waals surface area contributed by atoms with Crippen LogP contribution in [0.1, 0.15) is 25.6 Å². The summed E-state index contributed by atoms with van der Waals surface area (Å²) in [4.78, 5) is 25.7. The maximum absolute atomic E-state index is 13.1. The van der Waals surface area contributed by atoms with Crippen LogP contribution in [0, 0.1) is 5.92 Å². The van der Waals surface area contributed by atoms with Crippen molar-refractivity contribution in [2.75, 3.05) is 28.6 Å². The summed E-state index contributed by atoms with van der Waals surface area (Å²) in [6.07, 6.45) is -3.69. The van der Waals surface area contributed by atoms with E-state index in [1.165, 1.54) is 13.0 Å². The summed E-state index contributed by atoms with van der Waals surface area (Å²) in [5.41, 5.74) is 0.949. The molecule has 33 heavy (non-hydrogen) atoms. The van der Waals surface area contributed by atoms with Gasteiger partial charge in [0.2, 0.25) is 11.8 Å². The Balaban J connectivity index is 1.40. The highest BCUT2D eigenvalue weighted by molar-refractivity contribution is 6.34. The van der Waals surface area contributed by atoms with E-state index in [4.69, 9.17) is 11.6 Å². The number of aromatic nitrogens is 4.